The highest BCUT2D eigenvalue weighted by Gasteiger charge is 2.14. The molecule has 2 aromatic rings. The molecule has 4 heteroatoms. The van der Waals surface area contributed by atoms with Crippen molar-refractivity contribution < 1.29 is 9.53 Å². The third-order valence-electron chi connectivity index (χ3n) is 2.98. The lowest BCUT2D eigenvalue weighted by atomic mass is 10.1. The molecule has 0 bridgehead atoms. The first-order valence-electron chi connectivity index (χ1n) is 6.37. The first-order chi connectivity index (χ1) is 9.20. The summed E-state index contributed by atoms with van der Waals surface area (Å²) in [4.78, 5) is 16.2. The number of hydrogen-bond donors (Lipinski definition) is 0. The van der Waals surface area contributed by atoms with Crippen LogP contribution in [0.2, 0.25) is 0 Å². The Balaban J connectivity index is 1.95. The predicted molar refractivity (Wildman–Crippen MR) is 76.4 cm³/mol. The van der Waals surface area contributed by atoms with Crippen LogP contribution < -0.4 is 0 Å². The summed E-state index contributed by atoms with van der Waals surface area (Å²) in [6.45, 7) is 4.51. The number of aromatic nitrogens is 1. The summed E-state index contributed by atoms with van der Waals surface area (Å²) in [5, 5.41) is 2.77. The first kappa shape index (κ1) is 13.7. The Kier molecular flexibility index (Phi) is 4.68. The maximum Gasteiger partial charge on any atom is 0.358 e. The van der Waals surface area contributed by atoms with E-state index in [1.165, 1.54) is 11.3 Å². The van der Waals surface area contributed by atoms with Crippen LogP contribution in [0, 0.1) is 0 Å². The monoisotopic (exact) mass is 275 g/mol. The second kappa shape index (κ2) is 6.48. The van der Waals surface area contributed by atoms with E-state index in [1.807, 2.05) is 30.3 Å². The molecular formula is C15H17NO2S. The number of benzene rings is 1. The zero-order valence-electron chi connectivity index (χ0n) is 11.1. The first-order valence-corrected chi connectivity index (χ1v) is 7.25. The molecule has 19 heavy (non-hydrogen) atoms. The third kappa shape index (κ3) is 3.64. The quantitative estimate of drug-likeness (QED) is 0.774. The highest BCUT2D eigenvalue weighted by molar-refractivity contribution is 7.09. The summed E-state index contributed by atoms with van der Waals surface area (Å²) in [5.41, 5.74) is 1.39. The summed E-state index contributed by atoms with van der Waals surface area (Å²) in [7, 11) is 0. The van der Waals surface area contributed by atoms with Crippen molar-refractivity contribution in [3.05, 3.63) is 52.0 Å². The van der Waals surface area contributed by atoms with Gasteiger partial charge in [0.1, 0.15) is 6.61 Å². The van der Waals surface area contributed by atoms with Crippen LogP contribution in [0.25, 0.3) is 0 Å². The topological polar surface area (TPSA) is 39.2 Å². The largest absolute Gasteiger partial charge is 0.456 e. The van der Waals surface area contributed by atoms with E-state index in [4.69, 9.17) is 4.74 Å². The van der Waals surface area contributed by atoms with E-state index in [9.17, 15) is 4.79 Å². The molecule has 0 aliphatic rings. The van der Waals surface area contributed by atoms with Crippen molar-refractivity contribution in [1.29, 1.82) is 0 Å². The van der Waals surface area contributed by atoms with Gasteiger partial charge in [0.25, 0.3) is 0 Å². The SMILES string of the molecule is CCC(C)c1nc(C(=O)OCc2ccccc2)cs1. The lowest BCUT2D eigenvalue weighted by Gasteiger charge is -2.03. The molecular weight excluding hydrogens is 258 g/mol. The second-order valence-electron chi connectivity index (χ2n) is 4.44. The standard InChI is InChI=1S/C15H17NO2S/c1-3-11(2)14-16-13(10-19-14)15(17)18-9-12-7-5-4-6-8-12/h4-8,10-11H,3,9H2,1-2H3. The number of esters is 1. The zero-order valence-corrected chi connectivity index (χ0v) is 11.9. The van der Waals surface area contributed by atoms with Gasteiger partial charge in [-0.1, -0.05) is 44.2 Å². The van der Waals surface area contributed by atoms with Crippen molar-refractivity contribution in [1.82, 2.24) is 4.98 Å². The minimum atomic E-state index is -0.352. The van der Waals surface area contributed by atoms with Gasteiger partial charge in [0.15, 0.2) is 5.69 Å². The molecule has 1 heterocycles. The van der Waals surface area contributed by atoms with Crippen molar-refractivity contribution in [3.8, 4) is 0 Å². The molecule has 2 rings (SSSR count). The van der Waals surface area contributed by atoms with Gasteiger partial charge in [-0.3, -0.25) is 0 Å². The van der Waals surface area contributed by atoms with Crippen molar-refractivity contribution in [2.45, 2.75) is 32.8 Å². The van der Waals surface area contributed by atoms with E-state index in [1.54, 1.807) is 5.38 Å². The molecule has 0 aliphatic heterocycles. The van der Waals surface area contributed by atoms with Crippen LogP contribution in [-0.4, -0.2) is 11.0 Å². The Labute approximate surface area is 117 Å². The number of rotatable bonds is 5. The van der Waals surface area contributed by atoms with Gasteiger partial charge in [0.2, 0.25) is 0 Å². The van der Waals surface area contributed by atoms with E-state index in [0.717, 1.165) is 17.0 Å². The van der Waals surface area contributed by atoms with E-state index in [2.05, 4.69) is 18.8 Å². The maximum atomic E-state index is 11.9. The fourth-order valence-electron chi connectivity index (χ4n) is 1.58. The average Bonchev–Trinajstić information content (AvgIpc) is 2.95. The van der Waals surface area contributed by atoms with Gasteiger partial charge in [-0.25, -0.2) is 9.78 Å². The van der Waals surface area contributed by atoms with Gasteiger partial charge in [-0.05, 0) is 12.0 Å². The smallest absolute Gasteiger partial charge is 0.358 e. The van der Waals surface area contributed by atoms with Crippen molar-refractivity contribution >= 4 is 17.3 Å². The van der Waals surface area contributed by atoms with E-state index < -0.39 is 0 Å². The van der Waals surface area contributed by atoms with Crippen LogP contribution in [0.3, 0.4) is 0 Å². The summed E-state index contributed by atoms with van der Waals surface area (Å²) in [6.07, 6.45) is 1.02. The number of carbonyl (C=O) groups is 1. The van der Waals surface area contributed by atoms with Gasteiger partial charge < -0.3 is 4.74 Å². The molecule has 0 amide bonds. The molecule has 3 nitrogen and oxygen atoms in total. The van der Waals surface area contributed by atoms with Gasteiger partial charge in [-0.15, -0.1) is 11.3 Å². The molecule has 1 aromatic heterocycles. The van der Waals surface area contributed by atoms with E-state index >= 15 is 0 Å². The minimum Gasteiger partial charge on any atom is -0.456 e. The van der Waals surface area contributed by atoms with Crippen molar-refractivity contribution in [2.75, 3.05) is 0 Å². The Morgan fingerprint density at radius 1 is 1.37 bits per heavy atom. The lowest BCUT2D eigenvalue weighted by molar-refractivity contribution is 0.0466. The van der Waals surface area contributed by atoms with Gasteiger partial charge >= 0.3 is 5.97 Å². The molecule has 1 atom stereocenters. The van der Waals surface area contributed by atoms with Crippen LogP contribution in [-0.2, 0) is 11.3 Å². The molecule has 1 unspecified atom stereocenters. The Hall–Kier alpha value is -1.68. The summed E-state index contributed by atoms with van der Waals surface area (Å²) in [5.74, 6) is 0.0373. The summed E-state index contributed by atoms with van der Waals surface area (Å²) < 4.78 is 5.25. The normalized spacial score (nSPS) is 12.1. The lowest BCUT2D eigenvalue weighted by Crippen LogP contribution is -2.06. The molecule has 0 saturated carbocycles. The molecule has 100 valence electrons. The molecule has 0 radical (unpaired) electrons. The van der Waals surface area contributed by atoms with Crippen LogP contribution >= 0.6 is 11.3 Å². The fraction of sp³-hybridized carbons (Fsp3) is 0.333. The third-order valence-corrected chi connectivity index (χ3v) is 4.05. The maximum absolute atomic E-state index is 11.9. The highest BCUT2D eigenvalue weighted by atomic mass is 32.1. The summed E-state index contributed by atoms with van der Waals surface area (Å²) >= 11 is 1.52. The molecule has 0 spiro atoms. The molecule has 0 N–H and O–H groups in total. The number of ether oxygens (including phenoxy) is 1. The zero-order chi connectivity index (χ0) is 13.7. The minimum absolute atomic E-state index is 0.288. The Bertz CT molecular complexity index is 536. The van der Waals surface area contributed by atoms with Crippen LogP contribution in [0.5, 0.6) is 0 Å². The second-order valence-corrected chi connectivity index (χ2v) is 5.33. The Morgan fingerprint density at radius 2 is 2.11 bits per heavy atom. The van der Waals surface area contributed by atoms with Gasteiger partial charge in [0, 0.05) is 11.3 Å². The van der Waals surface area contributed by atoms with Gasteiger partial charge in [-0.2, -0.15) is 0 Å². The molecule has 0 saturated heterocycles. The highest BCUT2D eigenvalue weighted by Crippen LogP contribution is 2.22. The molecule has 1 aromatic carbocycles. The molecule has 0 fully saturated rings. The van der Waals surface area contributed by atoms with E-state index in [0.29, 0.717) is 11.6 Å². The number of nitrogens with zero attached hydrogens (tertiary/aromatic N) is 1. The van der Waals surface area contributed by atoms with E-state index in [-0.39, 0.29) is 12.6 Å². The van der Waals surface area contributed by atoms with Crippen LogP contribution in [0.1, 0.15) is 47.2 Å². The van der Waals surface area contributed by atoms with Crippen LogP contribution in [0.15, 0.2) is 35.7 Å². The average molecular weight is 275 g/mol. The number of carbonyl (C=O) groups excluding carboxylic acids is 1. The van der Waals surface area contributed by atoms with Crippen LogP contribution in [0.4, 0.5) is 0 Å². The van der Waals surface area contributed by atoms with Crippen molar-refractivity contribution in [3.63, 3.8) is 0 Å². The number of hydrogen-bond acceptors (Lipinski definition) is 4. The number of thiazole rings is 1. The fourth-order valence-corrected chi connectivity index (χ4v) is 2.51. The Morgan fingerprint density at radius 3 is 2.79 bits per heavy atom. The van der Waals surface area contributed by atoms with Gasteiger partial charge in [0.05, 0.1) is 5.01 Å². The predicted octanol–water partition coefficient (Wildman–Crippen LogP) is 4.01. The summed E-state index contributed by atoms with van der Waals surface area (Å²) in [6, 6.07) is 9.64. The molecule has 0 aliphatic carbocycles. The van der Waals surface area contributed by atoms with Crippen molar-refractivity contribution in [2.24, 2.45) is 0 Å².